The van der Waals surface area contributed by atoms with E-state index < -0.39 is 5.97 Å². The zero-order valence-corrected chi connectivity index (χ0v) is 12.8. The van der Waals surface area contributed by atoms with Gasteiger partial charge in [-0.1, -0.05) is 26.0 Å². The third kappa shape index (κ3) is 6.79. The van der Waals surface area contributed by atoms with Crippen LogP contribution >= 0.6 is 0 Å². The molecule has 0 saturated heterocycles. The summed E-state index contributed by atoms with van der Waals surface area (Å²) in [6.07, 6.45) is 1.54. The monoisotopic (exact) mass is 292 g/mol. The molecule has 1 atom stereocenters. The van der Waals surface area contributed by atoms with Crippen molar-refractivity contribution in [1.82, 2.24) is 10.6 Å². The van der Waals surface area contributed by atoms with Crippen molar-refractivity contribution >= 4 is 12.0 Å². The van der Waals surface area contributed by atoms with Crippen LogP contribution in [0.1, 0.15) is 43.1 Å². The smallest absolute Gasteiger partial charge is 0.335 e. The van der Waals surface area contributed by atoms with E-state index in [1.807, 2.05) is 13.0 Å². The Labute approximate surface area is 125 Å². The van der Waals surface area contributed by atoms with E-state index in [0.717, 1.165) is 12.0 Å². The number of carbonyl (C=O) groups is 2. The molecular weight excluding hydrogens is 268 g/mol. The van der Waals surface area contributed by atoms with Crippen LogP contribution in [0.2, 0.25) is 0 Å². The van der Waals surface area contributed by atoms with Gasteiger partial charge in [0.05, 0.1) is 5.56 Å². The van der Waals surface area contributed by atoms with E-state index in [-0.39, 0.29) is 17.6 Å². The van der Waals surface area contributed by atoms with E-state index in [9.17, 15) is 9.59 Å². The number of hydrogen-bond donors (Lipinski definition) is 3. The molecule has 0 radical (unpaired) electrons. The molecule has 1 aromatic carbocycles. The third-order valence-electron chi connectivity index (χ3n) is 3.08. The quantitative estimate of drug-likeness (QED) is 0.723. The molecule has 0 saturated carbocycles. The summed E-state index contributed by atoms with van der Waals surface area (Å²) >= 11 is 0. The second-order valence-corrected chi connectivity index (χ2v) is 5.69. The lowest BCUT2D eigenvalue weighted by atomic mass is 10.1. The molecule has 0 aromatic heterocycles. The first-order valence-corrected chi connectivity index (χ1v) is 7.25. The lowest BCUT2D eigenvalue weighted by Gasteiger charge is -2.16. The number of carbonyl (C=O) groups excluding carboxylic acids is 1. The van der Waals surface area contributed by atoms with Gasteiger partial charge in [-0.2, -0.15) is 0 Å². The highest BCUT2D eigenvalue weighted by Crippen LogP contribution is 2.06. The number of benzene rings is 1. The summed E-state index contributed by atoms with van der Waals surface area (Å²) in [6, 6.07) is 6.71. The van der Waals surface area contributed by atoms with Gasteiger partial charge in [-0.15, -0.1) is 0 Å². The minimum atomic E-state index is -0.940. The van der Waals surface area contributed by atoms with E-state index in [1.54, 1.807) is 18.2 Å². The molecule has 116 valence electrons. The van der Waals surface area contributed by atoms with Gasteiger partial charge >= 0.3 is 12.0 Å². The Hall–Kier alpha value is -2.04. The van der Waals surface area contributed by atoms with E-state index in [2.05, 4.69) is 24.5 Å². The molecule has 0 aliphatic rings. The maximum absolute atomic E-state index is 11.7. The van der Waals surface area contributed by atoms with Crippen LogP contribution in [0.3, 0.4) is 0 Å². The van der Waals surface area contributed by atoms with Gasteiger partial charge < -0.3 is 15.7 Å². The number of aromatic carboxylic acids is 1. The fourth-order valence-electron chi connectivity index (χ4n) is 2.22. The summed E-state index contributed by atoms with van der Waals surface area (Å²) in [5.41, 5.74) is 1.16. The highest BCUT2D eigenvalue weighted by molar-refractivity contribution is 5.87. The minimum Gasteiger partial charge on any atom is -0.478 e. The summed E-state index contributed by atoms with van der Waals surface area (Å²) < 4.78 is 0. The van der Waals surface area contributed by atoms with Crippen LogP contribution in [0.25, 0.3) is 0 Å². The number of carboxylic acid groups (broad SMARTS) is 1. The Morgan fingerprint density at radius 3 is 2.57 bits per heavy atom. The van der Waals surface area contributed by atoms with Gasteiger partial charge in [0.25, 0.3) is 0 Å². The summed E-state index contributed by atoms with van der Waals surface area (Å²) in [5.74, 6) is -0.399. The first-order chi connectivity index (χ1) is 9.88. The predicted octanol–water partition coefficient (Wildman–Crippen LogP) is 2.66. The van der Waals surface area contributed by atoms with Crippen LogP contribution in [-0.4, -0.2) is 29.7 Å². The third-order valence-corrected chi connectivity index (χ3v) is 3.08. The Morgan fingerprint density at radius 1 is 1.24 bits per heavy atom. The van der Waals surface area contributed by atoms with Crippen LogP contribution in [0, 0.1) is 5.92 Å². The fourth-order valence-corrected chi connectivity index (χ4v) is 2.22. The molecule has 1 aromatic rings. The van der Waals surface area contributed by atoms with Crippen LogP contribution in [0.5, 0.6) is 0 Å². The van der Waals surface area contributed by atoms with Crippen LogP contribution in [-0.2, 0) is 6.42 Å². The van der Waals surface area contributed by atoms with Crippen molar-refractivity contribution in [3.63, 3.8) is 0 Å². The number of carboxylic acids is 1. The molecule has 0 aliphatic heterocycles. The van der Waals surface area contributed by atoms with E-state index in [0.29, 0.717) is 18.9 Å². The van der Waals surface area contributed by atoms with Gasteiger partial charge in [0, 0.05) is 12.6 Å². The zero-order chi connectivity index (χ0) is 15.8. The number of hydrogen-bond acceptors (Lipinski definition) is 2. The number of rotatable bonds is 7. The maximum atomic E-state index is 11.7. The second kappa shape index (κ2) is 8.29. The molecule has 0 heterocycles. The normalized spacial score (nSPS) is 12.0. The van der Waals surface area contributed by atoms with Crippen molar-refractivity contribution in [1.29, 1.82) is 0 Å². The Kier molecular flexibility index (Phi) is 6.72. The second-order valence-electron chi connectivity index (χ2n) is 5.69. The fraction of sp³-hybridized carbons (Fsp3) is 0.500. The van der Waals surface area contributed by atoms with Crippen molar-refractivity contribution in [3.05, 3.63) is 35.4 Å². The molecule has 5 nitrogen and oxygen atoms in total. The molecule has 0 fully saturated rings. The van der Waals surface area contributed by atoms with Crippen molar-refractivity contribution in [2.45, 2.75) is 39.7 Å². The summed E-state index contributed by atoms with van der Waals surface area (Å²) in [5, 5.41) is 14.6. The number of nitrogens with one attached hydrogen (secondary N) is 2. The van der Waals surface area contributed by atoms with E-state index in [1.165, 1.54) is 0 Å². The molecule has 5 heteroatoms. The summed E-state index contributed by atoms with van der Waals surface area (Å²) in [6.45, 7) is 6.69. The topological polar surface area (TPSA) is 78.4 Å². The molecule has 0 aliphatic carbocycles. The first kappa shape index (κ1) is 17.0. The van der Waals surface area contributed by atoms with E-state index in [4.69, 9.17) is 5.11 Å². The van der Waals surface area contributed by atoms with Crippen molar-refractivity contribution in [2.24, 2.45) is 5.92 Å². The highest BCUT2D eigenvalue weighted by Gasteiger charge is 2.08. The van der Waals surface area contributed by atoms with Crippen LogP contribution < -0.4 is 10.6 Å². The molecule has 3 N–H and O–H groups in total. The van der Waals surface area contributed by atoms with Gasteiger partial charge in [-0.3, -0.25) is 0 Å². The van der Waals surface area contributed by atoms with Crippen LogP contribution in [0.15, 0.2) is 24.3 Å². The number of amides is 2. The molecule has 2 amide bonds. The molecule has 0 spiro atoms. The largest absolute Gasteiger partial charge is 0.478 e. The molecule has 21 heavy (non-hydrogen) atoms. The SMILES string of the molecule is CC(C)CC(C)NC(=O)NCCc1cccc(C(=O)O)c1. The van der Waals surface area contributed by atoms with Gasteiger partial charge in [0.2, 0.25) is 0 Å². The average molecular weight is 292 g/mol. The van der Waals surface area contributed by atoms with Crippen molar-refractivity contribution in [2.75, 3.05) is 6.54 Å². The first-order valence-electron chi connectivity index (χ1n) is 7.25. The number of urea groups is 1. The van der Waals surface area contributed by atoms with Gasteiger partial charge in [0.15, 0.2) is 0 Å². The van der Waals surface area contributed by atoms with Crippen LogP contribution in [0.4, 0.5) is 4.79 Å². The van der Waals surface area contributed by atoms with Crippen molar-refractivity contribution in [3.8, 4) is 0 Å². The molecule has 0 bridgehead atoms. The lowest BCUT2D eigenvalue weighted by molar-refractivity contribution is 0.0696. The van der Waals surface area contributed by atoms with Crippen molar-refractivity contribution < 1.29 is 14.7 Å². The Bertz CT molecular complexity index is 486. The van der Waals surface area contributed by atoms with Gasteiger partial charge in [0.1, 0.15) is 0 Å². The summed E-state index contributed by atoms with van der Waals surface area (Å²) in [7, 11) is 0. The maximum Gasteiger partial charge on any atom is 0.335 e. The highest BCUT2D eigenvalue weighted by atomic mass is 16.4. The standard InChI is InChI=1S/C16H24N2O3/c1-11(2)9-12(3)18-16(21)17-8-7-13-5-4-6-14(10-13)15(19)20/h4-6,10-12H,7-9H2,1-3H3,(H,19,20)(H2,17,18,21). The molecular formula is C16H24N2O3. The Balaban J connectivity index is 2.34. The average Bonchev–Trinajstić information content (AvgIpc) is 2.37. The predicted molar refractivity (Wildman–Crippen MR) is 82.6 cm³/mol. The molecule has 1 rings (SSSR count). The Morgan fingerprint density at radius 2 is 1.95 bits per heavy atom. The minimum absolute atomic E-state index is 0.139. The van der Waals surface area contributed by atoms with E-state index >= 15 is 0 Å². The summed E-state index contributed by atoms with van der Waals surface area (Å²) in [4.78, 5) is 22.5. The molecule has 1 unspecified atom stereocenters. The zero-order valence-electron chi connectivity index (χ0n) is 12.8. The lowest BCUT2D eigenvalue weighted by Crippen LogP contribution is -2.41. The van der Waals surface area contributed by atoms with Gasteiger partial charge in [-0.25, -0.2) is 9.59 Å². The van der Waals surface area contributed by atoms with Gasteiger partial charge in [-0.05, 0) is 43.4 Å².